The summed E-state index contributed by atoms with van der Waals surface area (Å²) in [7, 11) is 0. The van der Waals surface area contributed by atoms with Crippen molar-refractivity contribution in [2.75, 3.05) is 32.8 Å². The summed E-state index contributed by atoms with van der Waals surface area (Å²) < 4.78 is 5.42. The van der Waals surface area contributed by atoms with Crippen LogP contribution in [0.2, 0.25) is 0 Å². The van der Waals surface area contributed by atoms with Crippen molar-refractivity contribution in [2.24, 2.45) is 11.8 Å². The molecule has 2 atom stereocenters. The number of hydrogen-bond donors (Lipinski definition) is 1. The summed E-state index contributed by atoms with van der Waals surface area (Å²) in [4.78, 5) is 14.4. The average Bonchev–Trinajstić information content (AvgIpc) is 3.06. The van der Waals surface area contributed by atoms with E-state index in [0.29, 0.717) is 18.4 Å². The fourth-order valence-corrected chi connectivity index (χ4v) is 3.05. The number of rotatable bonds is 4. The second-order valence-electron chi connectivity index (χ2n) is 5.51. The van der Waals surface area contributed by atoms with Gasteiger partial charge in [0, 0.05) is 31.7 Å². The number of amides is 1. The number of fused-ring (bicyclic) bond motifs is 1. The van der Waals surface area contributed by atoms with Gasteiger partial charge in [0.1, 0.15) is 12.4 Å². The van der Waals surface area contributed by atoms with Crippen LogP contribution < -0.4 is 10.1 Å². The van der Waals surface area contributed by atoms with Gasteiger partial charge >= 0.3 is 0 Å². The Labute approximate surface area is 119 Å². The zero-order chi connectivity index (χ0) is 13.9. The minimum absolute atomic E-state index is 0.134. The Morgan fingerprint density at radius 3 is 2.55 bits per heavy atom. The van der Waals surface area contributed by atoms with Gasteiger partial charge in [-0.25, -0.2) is 0 Å². The molecule has 0 aliphatic carbocycles. The smallest absolute Gasteiger partial charge is 0.253 e. The second-order valence-corrected chi connectivity index (χ2v) is 5.51. The van der Waals surface area contributed by atoms with Gasteiger partial charge in [-0.3, -0.25) is 4.79 Å². The van der Waals surface area contributed by atoms with Crippen LogP contribution >= 0.6 is 0 Å². The lowest BCUT2D eigenvalue weighted by molar-refractivity contribution is 0.0781. The molecule has 20 heavy (non-hydrogen) atoms. The van der Waals surface area contributed by atoms with Crippen LogP contribution in [0.4, 0.5) is 0 Å². The topological polar surface area (TPSA) is 41.6 Å². The molecule has 4 heteroatoms. The van der Waals surface area contributed by atoms with E-state index >= 15 is 0 Å². The first-order chi connectivity index (χ1) is 9.78. The van der Waals surface area contributed by atoms with Crippen LogP contribution in [0.1, 0.15) is 10.4 Å². The normalized spacial score (nSPS) is 24.5. The number of carbonyl (C=O) groups is 1. The molecule has 1 aromatic carbocycles. The predicted octanol–water partition coefficient (Wildman–Crippen LogP) is 1.54. The van der Waals surface area contributed by atoms with Gasteiger partial charge in [-0.2, -0.15) is 0 Å². The number of carbonyl (C=O) groups excluding carboxylic acids is 1. The van der Waals surface area contributed by atoms with Crippen molar-refractivity contribution in [3.05, 3.63) is 42.5 Å². The number of nitrogens with one attached hydrogen (secondary N) is 1. The summed E-state index contributed by atoms with van der Waals surface area (Å²) >= 11 is 0. The molecule has 106 valence electrons. The number of likely N-dealkylation sites (tertiary alicyclic amines) is 1. The maximum atomic E-state index is 12.5. The molecule has 1 N–H and O–H groups in total. The Morgan fingerprint density at radius 2 is 1.95 bits per heavy atom. The molecule has 1 aromatic rings. The Bertz CT molecular complexity index is 486. The van der Waals surface area contributed by atoms with Gasteiger partial charge in [-0.1, -0.05) is 12.7 Å². The highest BCUT2D eigenvalue weighted by molar-refractivity contribution is 5.94. The maximum Gasteiger partial charge on any atom is 0.253 e. The standard InChI is InChI=1S/C16H20N2O2/c1-2-7-20-15-5-3-12(4-6-15)16(19)18-10-13-8-17-9-14(13)11-18/h2-6,13-14,17H,1,7-11H2/t13-,14+. The van der Waals surface area contributed by atoms with Gasteiger partial charge in [-0.15, -0.1) is 0 Å². The van der Waals surface area contributed by atoms with Crippen molar-refractivity contribution in [1.29, 1.82) is 0 Å². The van der Waals surface area contributed by atoms with Crippen molar-refractivity contribution in [1.82, 2.24) is 10.2 Å². The molecule has 2 saturated heterocycles. The van der Waals surface area contributed by atoms with Crippen LogP contribution in [-0.2, 0) is 0 Å². The van der Waals surface area contributed by atoms with Gasteiger partial charge in [0.25, 0.3) is 5.91 Å². The van der Waals surface area contributed by atoms with E-state index in [0.717, 1.165) is 37.5 Å². The van der Waals surface area contributed by atoms with E-state index in [4.69, 9.17) is 4.74 Å². The van der Waals surface area contributed by atoms with Gasteiger partial charge < -0.3 is 15.0 Å². The third-order valence-corrected chi connectivity index (χ3v) is 4.15. The first-order valence-electron chi connectivity index (χ1n) is 7.11. The molecule has 0 unspecified atom stereocenters. The molecule has 0 aromatic heterocycles. The number of nitrogens with zero attached hydrogens (tertiary/aromatic N) is 1. The average molecular weight is 272 g/mol. The van der Waals surface area contributed by atoms with Crippen LogP contribution in [-0.4, -0.2) is 43.6 Å². The van der Waals surface area contributed by atoms with Gasteiger partial charge in [0.15, 0.2) is 0 Å². The summed E-state index contributed by atoms with van der Waals surface area (Å²) in [5, 5.41) is 3.39. The highest BCUT2D eigenvalue weighted by Crippen LogP contribution is 2.27. The Morgan fingerprint density at radius 1 is 1.30 bits per heavy atom. The van der Waals surface area contributed by atoms with E-state index in [1.54, 1.807) is 6.08 Å². The minimum atomic E-state index is 0.134. The zero-order valence-electron chi connectivity index (χ0n) is 11.5. The molecule has 2 aliphatic rings. The molecule has 0 spiro atoms. The minimum Gasteiger partial charge on any atom is -0.490 e. The first-order valence-corrected chi connectivity index (χ1v) is 7.11. The maximum absolute atomic E-state index is 12.5. The Kier molecular flexibility index (Phi) is 3.74. The number of ether oxygens (including phenoxy) is 1. The SMILES string of the molecule is C=CCOc1ccc(C(=O)N2C[C@H]3CNC[C@H]3C2)cc1. The molecular weight excluding hydrogens is 252 g/mol. The van der Waals surface area contributed by atoms with Gasteiger partial charge in [-0.05, 0) is 36.1 Å². The molecule has 0 radical (unpaired) electrons. The number of benzene rings is 1. The molecule has 2 heterocycles. The predicted molar refractivity (Wildman–Crippen MR) is 77.9 cm³/mol. The van der Waals surface area contributed by atoms with E-state index < -0.39 is 0 Å². The molecule has 0 bridgehead atoms. The third-order valence-electron chi connectivity index (χ3n) is 4.15. The molecular formula is C16H20N2O2. The summed E-state index contributed by atoms with van der Waals surface area (Å²) in [6, 6.07) is 7.37. The van der Waals surface area contributed by atoms with Crippen molar-refractivity contribution < 1.29 is 9.53 Å². The highest BCUT2D eigenvalue weighted by Gasteiger charge is 2.38. The second kappa shape index (κ2) is 5.67. The molecule has 1 amide bonds. The van der Waals surface area contributed by atoms with Gasteiger partial charge in [0.05, 0.1) is 0 Å². The fraction of sp³-hybridized carbons (Fsp3) is 0.438. The van der Waals surface area contributed by atoms with Crippen LogP contribution in [0.15, 0.2) is 36.9 Å². The summed E-state index contributed by atoms with van der Waals surface area (Å²) in [5.41, 5.74) is 0.740. The zero-order valence-corrected chi connectivity index (χ0v) is 11.5. The van der Waals surface area contributed by atoms with E-state index in [1.807, 2.05) is 29.2 Å². The van der Waals surface area contributed by atoms with Crippen molar-refractivity contribution in [3.63, 3.8) is 0 Å². The fourth-order valence-electron chi connectivity index (χ4n) is 3.05. The van der Waals surface area contributed by atoms with Crippen LogP contribution in [0, 0.1) is 11.8 Å². The van der Waals surface area contributed by atoms with E-state index in [-0.39, 0.29) is 5.91 Å². The monoisotopic (exact) mass is 272 g/mol. The van der Waals surface area contributed by atoms with Crippen LogP contribution in [0.25, 0.3) is 0 Å². The van der Waals surface area contributed by atoms with Crippen molar-refractivity contribution >= 4 is 5.91 Å². The molecule has 3 rings (SSSR count). The van der Waals surface area contributed by atoms with E-state index in [9.17, 15) is 4.79 Å². The van der Waals surface area contributed by atoms with Gasteiger partial charge in [0.2, 0.25) is 0 Å². The highest BCUT2D eigenvalue weighted by atomic mass is 16.5. The molecule has 4 nitrogen and oxygen atoms in total. The lowest BCUT2D eigenvalue weighted by Gasteiger charge is -2.17. The molecule has 0 saturated carbocycles. The number of hydrogen-bond acceptors (Lipinski definition) is 3. The summed E-state index contributed by atoms with van der Waals surface area (Å²) in [6.07, 6.45) is 1.70. The Hall–Kier alpha value is -1.81. The molecule has 2 aliphatic heterocycles. The first kappa shape index (κ1) is 13.2. The molecule has 2 fully saturated rings. The van der Waals surface area contributed by atoms with E-state index in [1.165, 1.54) is 0 Å². The van der Waals surface area contributed by atoms with Crippen LogP contribution in [0.5, 0.6) is 5.75 Å². The third kappa shape index (κ3) is 2.56. The summed E-state index contributed by atoms with van der Waals surface area (Å²) in [6.45, 7) is 7.94. The summed E-state index contributed by atoms with van der Waals surface area (Å²) in [5.74, 6) is 2.17. The lowest BCUT2D eigenvalue weighted by atomic mass is 10.0. The largest absolute Gasteiger partial charge is 0.490 e. The van der Waals surface area contributed by atoms with Crippen molar-refractivity contribution in [2.45, 2.75) is 0 Å². The lowest BCUT2D eigenvalue weighted by Crippen LogP contribution is -2.31. The van der Waals surface area contributed by atoms with Crippen LogP contribution in [0.3, 0.4) is 0 Å². The Balaban J connectivity index is 1.64. The quantitative estimate of drug-likeness (QED) is 0.845. The van der Waals surface area contributed by atoms with E-state index in [2.05, 4.69) is 11.9 Å². The van der Waals surface area contributed by atoms with Crippen molar-refractivity contribution in [3.8, 4) is 5.75 Å².